The van der Waals surface area contributed by atoms with Crippen LogP contribution in [0.5, 0.6) is 17.2 Å². The number of benzene rings is 2. The molecule has 5 heteroatoms. The lowest BCUT2D eigenvalue weighted by Crippen LogP contribution is -2.32. The summed E-state index contributed by atoms with van der Waals surface area (Å²) < 4.78 is 16.8. The van der Waals surface area contributed by atoms with Crippen molar-refractivity contribution in [3.63, 3.8) is 0 Å². The smallest absolute Gasteiger partial charge is 0.251 e. The number of nitrogens with one attached hydrogen (secondary N) is 1. The Morgan fingerprint density at radius 1 is 1.23 bits per heavy atom. The molecule has 138 valence electrons. The van der Waals surface area contributed by atoms with E-state index >= 15 is 0 Å². The molecule has 0 radical (unpaired) electrons. The number of methoxy groups -OCH3 is 1. The van der Waals surface area contributed by atoms with Crippen molar-refractivity contribution in [2.24, 2.45) is 5.92 Å². The lowest BCUT2D eigenvalue weighted by atomic mass is 10.00. The normalized spacial score (nSPS) is 15.8. The van der Waals surface area contributed by atoms with E-state index in [2.05, 4.69) is 19.2 Å². The van der Waals surface area contributed by atoms with Gasteiger partial charge in [-0.25, -0.2) is 0 Å². The number of rotatable bonds is 6. The summed E-state index contributed by atoms with van der Waals surface area (Å²) in [7, 11) is 1.58. The van der Waals surface area contributed by atoms with Crippen LogP contribution >= 0.6 is 0 Å². The van der Waals surface area contributed by atoms with E-state index in [0.717, 1.165) is 17.7 Å². The molecule has 1 amide bonds. The Labute approximate surface area is 154 Å². The van der Waals surface area contributed by atoms with E-state index in [9.17, 15) is 4.79 Å². The van der Waals surface area contributed by atoms with E-state index in [1.54, 1.807) is 25.3 Å². The average Bonchev–Trinajstić information content (AvgIpc) is 2.66. The van der Waals surface area contributed by atoms with E-state index in [1.807, 2.05) is 24.3 Å². The van der Waals surface area contributed by atoms with E-state index < -0.39 is 0 Å². The molecular formula is C21H25NO4. The predicted octanol–water partition coefficient (Wildman–Crippen LogP) is 3.98. The molecule has 1 N–H and O–H groups in total. The summed E-state index contributed by atoms with van der Waals surface area (Å²) in [6, 6.07) is 13.0. The fourth-order valence-corrected chi connectivity index (χ4v) is 2.92. The molecule has 26 heavy (non-hydrogen) atoms. The van der Waals surface area contributed by atoms with Crippen molar-refractivity contribution in [1.82, 2.24) is 5.32 Å². The van der Waals surface area contributed by atoms with Gasteiger partial charge in [-0.05, 0) is 30.2 Å². The van der Waals surface area contributed by atoms with Crippen LogP contribution in [0, 0.1) is 5.92 Å². The van der Waals surface area contributed by atoms with Gasteiger partial charge in [0.05, 0.1) is 26.4 Å². The summed E-state index contributed by atoms with van der Waals surface area (Å²) in [5.41, 5.74) is 1.55. The molecule has 0 unspecified atom stereocenters. The third-order valence-electron chi connectivity index (χ3n) is 4.26. The number of hydrogen-bond donors (Lipinski definition) is 1. The Morgan fingerprint density at radius 3 is 2.81 bits per heavy atom. The summed E-state index contributed by atoms with van der Waals surface area (Å²) in [5, 5.41) is 3.10. The van der Waals surface area contributed by atoms with Gasteiger partial charge in [-0.15, -0.1) is 0 Å². The van der Waals surface area contributed by atoms with Gasteiger partial charge in [0.1, 0.15) is 5.75 Å². The number of carbonyl (C=O) groups excluding carboxylic acids is 1. The molecule has 3 rings (SSSR count). The maximum atomic E-state index is 12.7. The van der Waals surface area contributed by atoms with Gasteiger partial charge in [0.2, 0.25) is 0 Å². The number of amides is 1. The maximum Gasteiger partial charge on any atom is 0.251 e. The van der Waals surface area contributed by atoms with Crippen molar-refractivity contribution in [2.45, 2.75) is 26.3 Å². The number of ether oxygens (including phenoxy) is 3. The summed E-state index contributed by atoms with van der Waals surface area (Å²) in [4.78, 5) is 12.7. The Bertz CT molecular complexity index is 772. The first-order chi connectivity index (χ1) is 12.6. The lowest BCUT2D eigenvalue weighted by Gasteiger charge is -2.26. The second-order valence-electron chi connectivity index (χ2n) is 6.77. The zero-order valence-corrected chi connectivity index (χ0v) is 15.5. The number of hydrogen-bond acceptors (Lipinski definition) is 4. The van der Waals surface area contributed by atoms with Gasteiger partial charge in [-0.2, -0.15) is 0 Å². The molecule has 0 aliphatic carbocycles. The standard InChI is InChI=1S/C21H25NO4/c1-14(2)13-26-19-9-8-15(12-20(19)24-3)21(23)22-17-10-11-25-18-7-5-4-6-16(17)18/h4-9,12,14,17H,10-11,13H2,1-3H3,(H,22,23)/t17-/m1/s1. The largest absolute Gasteiger partial charge is 0.493 e. The highest BCUT2D eigenvalue weighted by molar-refractivity contribution is 5.95. The third-order valence-corrected chi connectivity index (χ3v) is 4.26. The molecule has 2 aromatic carbocycles. The highest BCUT2D eigenvalue weighted by atomic mass is 16.5. The van der Waals surface area contributed by atoms with Crippen LogP contribution in [0.2, 0.25) is 0 Å². The zero-order valence-electron chi connectivity index (χ0n) is 15.5. The number of fused-ring (bicyclic) bond motifs is 1. The first-order valence-corrected chi connectivity index (χ1v) is 8.92. The monoisotopic (exact) mass is 355 g/mol. The molecule has 1 atom stereocenters. The van der Waals surface area contributed by atoms with Gasteiger partial charge < -0.3 is 19.5 Å². The fraction of sp³-hybridized carbons (Fsp3) is 0.381. The van der Waals surface area contributed by atoms with Crippen molar-refractivity contribution in [2.75, 3.05) is 20.3 Å². The highest BCUT2D eigenvalue weighted by Crippen LogP contribution is 2.32. The van der Waals surface area contributed by atoms with Crippen molar-refractivity contribution >= 4 is 5.91 Å². The van der Waals surface area contributed by atoms with Crippen LogP contribution in [0.3, 0.4) is 0 Å². The van der Waals surface area contributed by atoms with Crippen LogP contribution < -0.4 is 19.5 Å². The molecule has 0 saturated carbocycles. The Balaban J connectivity index is 1.74. The van der Waals surface area contributed by atoms with Crippen molar-refractivity contribution in [3.8, 4) is 17.2 Å². The van der Waals surface area contributed by atoms with E-state index in [1.165, 1.54) is 0 Å². The Morgan fingerprint density at radius 2 is 2.04 bits per heavy atom. The number of carbonyl (C=O) groups is 1. The quantitative estimate of drug-likeness (QED) is 0.851. The maximum absolute atomic E-state index is 12.7. The molecule has 0 bridgehead atoms. The van der Waals surface area contributed by atoms with Crippen LogP contribution in [-0.2, 0) is 0 Å². The molecule has 1 heterocycles. The van der Waals surface area contributed by atoms with Gasteiger partial charge in [0, 0.05) is 17.5 Å². The van der Waals surface area contributed by atoms with Crippen molar-refractivity contribution in [3.05, 3.63) is 53.6 Å². The minimum Gasteiger partial charge on any atom is -0.493 e. The van der Waals surface area contributed by atoms with Crippen LogP contribution in [0.4, 0.5) is 0 Å². The van der Waals surface area contributed by atoms with Gasteiger partial charge >= 0.3 is 0 Å². The minimum absolute atomic E-state index is 0.0599. The van der Waals surface area contributed by atoms with Gasteiger partial charge in [0.15, 0.2) is 11.5 Å². The fourth-order valence-electron chi connectivity index (χ4n) is 2.92. The third kappa shape index (κ3) is 4.10. The first kappa shape index (κ1) is 18.1. The second kappa shape index (κ2) is 8.13. The van der Waals surface area contributed by atoms with Crippen LogP contribution in [-0.4, -0.2) is 26.2 Å². The van der Waals surface area contributed by atoms with Crippen molar-refractivity contribution in [1.29, 1.82) is 0 Å². The molecule has 1 aliphatic heterocycles. The van der Waals surface area contributed by atoms with Crippen LogP contribution in [0.15, 0.2) is 42.5 Å². The SMILES string of the molecule is COc1cc(C(=O)N[C@@H]2CCOc3ccccc32)ccc1OCC(C)C. The summed E-state index contributed by atoms with van der Waals surface area (Å²) in [5.74, 6) is 2.32. The Kier molecular flexibility index (Phi) is 5.66. The lowest BCUT2D eigenvalue weighted by molar-refractivity contribution is 0.0924. The van der Waals surface area contributed by atoms with Gasteiger partial charge in [0.25, 0.3) is 5.91 Å². The topological polar surface area (TPSA) is 56.8 Å². The van der Waals surface area contributed by atoms with E-state index in [0.29, 0.717) is 36.2 Å². The molecule has 0 spiro atoms. The molecule has 5 nitrogen and oxygen atoms in total. The molecule has 0 fully saturated rings. The summed E-state index contributed by atoms with van der Waals surface area (Å²) in [6.07, 6.45) is 0.746. The molecule has 1 aliphatic rings. The predicted molar refractivity (Wildman–Crippen MR) is 100 cm³/mol. The Hall–Kier alpha value is -2.69. The highest BCUT2D eigenvalue weighted by Gasteiger charge is 2.23. The summed E-state index contributed by atoms with van der Waals surface area (Å²) >= 11 is 0. The average molecular weight is 355 g/mol. The van der Waals surface area contributed by atoms with E-state index in [4.69, 9.17) is 14.2 Å². The van der Waals surface area contributed by atoms with E-state index in [-0.39, 0.29) is 11.9 Å². The van der Waals surface area contributed by atoms with Gasteiger partial charge in [-0.3, -0.25) is 4.79 Å². The number of para-hydroxylation sites is 1. The van der Waals surface area contributed by atoms with Crippen LogP contribution in [0.1, 0.15) is 42.2 Å². The second-order valence-corrected chi connectivity index (χ2v) is 6.77. The van der Waals surface area contributed by atoms with Crippen molar-refractivity contribution < 1.29 is 19.0 Å². The van der Waals surface area contributed by atoms with Gasteiger partial charge in [-0.1, -0.05) is 32.0 Å². The zero-order chi connectivity index (χ0) is 18.5. The molecular weight excluding hydrogens is 330 g/mol. The molecule has 0 aromatic heterocycles. The van der Waals surface area contributed by atoms with Crippen LogP contribution in [0.25, 0.3) is 0 Å². The first-order valence-electron chi connectivity index (χ1n) is 8.92. The minimum atomic E-state index is -0.139. The molecule has 2 aromatic rings. The summed E-state index contributed by atoms with van der Waals surface area (Å²) in [6.45, 7) is 5.36. The molecule has 0 saturated heterocycles.